The van der Waals surface area contributed by atoms with Crippen molar-refractivity contribution in [2.24, 2.45) is 0 Å². The van der Waals surface area contributed by atoms with Crippen molar-refractivity contribution in [1.82, 2.24) is 9.78 Å². The number of amides is 1. The van der Waals surface area contributed by atoms with E-state index in [1.54, 1.807) is 65.6 Å². The van der Waals surface area contributed by atoms with Crippen LogP contribution in [0.5, 0.6) is 0 Å². The predicted molar refractivity (Wildman–Crippen MR) is 110 cm³/mol. The molecule has 6 heteroatoms. The Hall–Kier alpha value is -3.25. The number of ketones is 1. The first-order chi connectivity index (χ1) is 14.2. The molecule has 2 aromatic carbocycles. The Balaban J connectivity index is 1.47. The highest BCUT2D eigenvalue weighted by Gasteiger charge is 2.19. The molecule has 0 spiro atoms. The molecule has 3 aromatic rings. The summed E-state index contributed by atoms with van der Waals surface area (Å²) in [6.07, 6.45) is 6.87. The minimum absolute atomic E-state index is 0.163. The lowest BCUT2D eigenvalue weighted by molar-refractivity contribution is 0.00400. The summed E-state index contributed by atoms with van der Waals surface area (Å²) in [6.45, 7) is 1.46. The first kappa shape index (κ1) is 19.1. The van der Waals surface area contributed by atoms with Gasteiger partial charge in [-0.2, -0.15) is 5.10 Å². The average molecular weight is 389 g/mol. The highest BCUT2D eigenvalue weighted by molar-refractivity contribution is 6.17. The molecular formula is C23H23N3O3. The van der Waals surface area contributed by atoms with E-state index in [1.165, 1.54) is 6.42 Å². The SMILES string of the molecule is O=C(Nc1cnn(CC2CCCCO2)c1)c1ccccc1C(=O)c1ccccc1. The molecule has 0 bridgehead atoms. The van der Waals surface area contributed by atoms with Crippen LogP contribution >= 0.6 is 0 Å². The van der Waals surface area contributed by atoms with Gasteiger partial charge in [-0.25, -0.2) is 0 Å². The quantitative estimate of drug-likeness (QED) is 0.648. The zero-order valence-corrected chi connectivity index (χ0v) is 16.1. The van der Waals surface area contributed by atoms with Crippen LogP contribution < -0.4 is 5.32 Å². The summed E-state index contributed by atoms with van der Waals surface area (Å²) in [6, 6.07) is 15.8. The van der Waals surface area contributed by atoms with Crippen molar-refractivity contribution in [1.29, 1.82) is 0 Å². The van der Waals surface area contributed by atoms with E-state index in [-0.39, 0.29) is 17.8 Å². The lowest BCUT2D eigenvalue weighted by Crippen LogP contribution is -2.24. The number of anilines is 1. The second kappa shape index (κ2) is 8.84. The van der Waals surface area contributed by atoms with Gasteiger partial charge in [-0.15, -0.1) is 0 Å². The number of nitrogens with zero attached hydrogens (tertiary/aromatic N) is 2. The Morgan fingerprint density at radius 1 is 1.03 bits per heavy atom. The van der Waals surface area contributed by atoms with Crippen molar-refractivity contribution in [3.8, 4) is 0 Å². The summed E-state index contributed by atoms with van der Waals surface area (Å²) < 4.78 is 7.52. The monoisotopic (exact) mass is 389 g/mol. The first-order valence-corrected chi connectivity index (χ1v) is 9.85. The van der Waals surface area contributed by atoms with Gasteiger partial charge in [-0.05, 0) is 25.3 Å². The summed E-state index contributed by atoms with van der Waals surface area (Å²) in [5, 5.41) is 7.16. The van der Waals surface area contributed by atoms with Crippen LogP contribution in [0.25, 0.3) is 0 Å². The van der Waals surface area contributed by atoms with Crippen molar-refractivity contribution in [2.75, 3.05) is 11.9 Å². The largest absolute Gasteiger partial charge is 0.376 e. The van der Waals surface area contributed by atoms with Crippen LogP contribution in [0.1, 0.15) is 45.5 Å². The molecule has 148 valence electrons. The molecule has 1 aromatic heterocycles. The van der Waals surface area contributed by atoms with Crippen LogP contribution in [0.3, 0.4) is 0 Å². The van der Waals surface area contributed by atoms with Gasteiger partial charge in [0.05, 0.1) is 30.1 Å². The van der Waals surface area contributed by atoms with Crippen LogP contribution in [0.2, 0.25) is 0 Å². The van der Waals surface area contributed by atoms with Crippen molar-refractivity contribution >= 4 is 17.4 Å². The van der Waals surface area contributed by atoms with Gasteiger partial charge >= 0.3 is 0 Å². The Morgan fingerprint density at radius 3 is 2.55 bits per heavy atom. The molecule has 1 aliphatic rings. The van der Waals surface area contributed by atoms with Crippen LogP contribution in [0.15, 0.2) is 67.0 Å². The molecule has 0 aliphatic carbocycles. The fourth-order valence-electron chi connectivity index (χ4n) is 3.51. The highest BCUT2D eigenvalue weighted by Crippen LogP contribution is 2.18. The topological polar surface area (TPSA) is 73.2 Å². The molecule has 1 aliphatic heterocycles. The molecule has 2 heterocycles. The van der Waals surface area contributed by atoms with E-state index in [9.17, 15) is 9.59 Å². The normalized spacial score (nSPS) is 16.3. The molecule has 6 nitrogen and oxygen atoms in total. The summed E-state index contributed by atoms with van der Waals surface area (Å²) in [5.74, 6) is -0.514. The van der Waals surface area contributed by atoms with Crippen molar-refractivity contribution < 1.29 is 14.3 Å². The average Bonchev–Trinajstić information content (AvgIpc) is 3.21. The summed E-state index contributed by atoms with van der Waals surface area (Å²) in [4.78, 5) is 25.7. The number of nitrogens with one attached hydrogen (secondary N) is 1. The fourth-order valence-corrected chi connectivity index (χ4v) is 3.51. The van der Waals surface area contributed by atoms with Gasteiger partial charge in [0.25, 0.3) is 5.91 Å². The third-order valence-electron chi connectivity index (χ3n) is 5.01. The van der Waals surface area contributed by atoms with Gasteiger partial charge in [0.2, 0.25) is 0 Å². The zero-order chi connectivity index (χ0) is 20.1. The van der Waals surface area contributed by atoms with Gasteiger partial charge in [0.15, 0.2) is 5.78 Å². The van der Waals surface area contributed by atoms with E-state index >= 15 is 0 Å². The maximum absolute atomic E-state index is 12.8. The molecule has 1 amide bonds. The second-order valence-electron chi connectivity index (χ2n) is 7.13. The number of carbonyl (C=O) groups is 2. The molecular weight excluding hydrogens is 366 g/mol. The lowest BCUT2D eigenvalue weighted by atomic mass is 9.98. The molecule has 0 saturated carbocycles. The Labute approximate surface area is 169 Å². The predicted octanol–water partition coefficient (Wildman–Crippen LogP) is 3.94. The number of ether oxygens (including phenoxy) is 1. The smallest absolute Gasteiger partial charge is 0.256 e. The molecule has 1 atom stereocenters. The van der Waals surface area contributed by atoms with Gasteiger partial charge in [0, 0.05) is 23.9 Å². The maximum Gasteiger partial charge on any atom is 0.256 e. The van der Waals surface area contributed by atoms with Crippen LogP contribution in [0.4, 0.5) is 5.69 Å². The number of hydrogen-bond acceptors (Lipinski definition) is 4. The molecule has 1 unspecified atom stereocenters. The molecule has 1 N–H and O–H groups in total. The highest BCUT2D eigenvalue weighted by atomic mass is 16.5. The zero-order valence-electron chi connectivity index (χ0n) is 16.1. The Bertz CT molecular complexity index is 991. The van der Waals surface area contributed by atoms with E-state index in [0.717, 1.165) is 19.4 Å². The van der Waals surface area contributed by atoms with Gasteiger partial charge < -0.3 is 10.1 Å². The van der Waals surface area contributed by atoms with E-state index in [0.29, 0.717) is 28.9 Å². The Kier molecular flexibility index (Phi) is 5.81. The third-order valence-corrected chi connectivity index (χ3v) is 5.01. The number of benzene rings is 2. The van der Waals surface area contributed by atoms with Crippen molar-refractivity contribution in [2.45, 2.75) is 31.9 Å². The minimum Gasteiger partial charge on any atom is -0.376 e. The van der Waals surface area contributed by atoms with Crippen molar-refractivity contribution in [3.05, 3.63) is 83.7 Å². The third kappa shape index (κ3) is 4.60. The van der Waals surface area contributed by atoms with Gasteiger partial charge in [-0.3, -0.25) is 14.3 Å². The standard InChI is InChI=1S/C23H23N3O3/c27-22(17-8-2-1-3-9-17)20-11-4-5-12-21(20)23(28)25-18-14-24-26(15-18)16-19-10-6-7-13-29-19/h1-5,8-9,11-12,14-15,19H,6-7,10,13,16H2,(H,25,28). The van der Waals surface area contributed by atoms with Crippen LogP contribution in [0, 0.1) is 0 Å². The second-order valence-corrected chi connectivity index (χ2v) is 7.13. The van der Waals surface area contributed by atoms with E-state index < -0.39 is 0 Å². The fraction of sp³-hybridized carbons (Fsp3) is 0.261. The minimum atomic E-state index is -0.335. The van der Waals surface area contributed by atoms with E-state index in [1.807, 2.05) is 6.07 Å². The van der Waals surface area contributed by atoms with E-state index in [4.69, 9.17) is 4.74 Å². The van der Waals surface area contributed by atoms with Crippen LogP contribution in [-0.4, -0.2) is 34.2 Å². The molecule has 29 heavy (non-hydrogen) atoms. The molecule has 1 fully saturated rings. The summed E-state index contributed by atoms with van der Waals surface area (Å²) in [7, 11) is 0. The maximum atomic E-state index is 12.8. The van der Waals surface area contributed by atoms with Gasteiger partial charge in [-0.1, -0.05) is 48.5 Å². The number of carbonyl (C=O) groups excluding carboxylic acids is 2. The van der Waals surface area contributed by atoms with Gasteiger partial charge in [0.1, 0.15) is 0 Å². The molecule has 4 rings (SSSR count). The Morgan fingerprint density at radius 2 is 1.79 bits per heavy atom. The van der Waals surface area contributed by atoms with Crippen LogP contribution in [-0.2, 0) is 11.3 Å². The number of rotatable bonds is 6. The lowest BCUT2D eigenvalue weighted by Gasteiger charge is -2.22. The van der Waals surface area contributed by atoms with Crippen molar-refractivity contribution in [3.63, 3.8) is 0 Å². The first-order valence-electron chi connectivity index (χ1n) is 9.85. The summed E-state index contributed by atoms with van der Waals surface area (Å²) in [5.41, 5.74) is 1.85. The number of aromatic nitrogens is 2. The summed E-state index contributed by atoms with van der Waals surface area (Å²) >= 11 is 0. The van der Waals surface area contributed by atoms with E-state index in [2.05, 4.69) is 10.4 Å². The number of hydrogen-bond donors (Lipinski definition) is 1. The molecule has 0 radical (unpaired) electrons. The molecule has 1 saturated heterocycles.